The molecule has 0 bridgehead atoms. The first-order valence-electron chi connectivity index (χ1n) is 5.85. The highest BCUT2D eigenvalue weighted by molar-refractivity contribution is 6.05. The third-order valence-corrected chi connectivity index (χ3v) is 2.71. The van der Waals surface area contributed by atoms with Gasteiger partial charge in [-0.3, -0.25) is 14.9 Å². The molecule has 0 atom stereocenters. The van der Waals surface area contributed by atoms with Crippen molar-refractivity contribution in [3.8, 4) is 6.07 Å². The predicted molar refractivity (Wildman–Crippen MR) is 69.9 cm³/mol. The number of pyridine rings is 1. The Balaban J connectivity index is 2.38. The van der Waals surface area contributed by atoms with Gasteiger partial charge in [0, 0.05) is 18.2 Å². The monoisotopic (exact) mass is 322 g/mol. The number of carbonyl (C=O) groups is 1. The molecule has 0 aliphatic heterocycles. The molecule has 1 heterocycles. The van der Waals surface area contributed by atoms with Crippen molar-refractivity contribution in [2.45, 2.75) is 0 Å². The SMILES string of the molecule is N#Cc1cc([N+](=O)[O-])ccc1NC(=O)c1cc(F)nc(F)c1F. The standard InChI is InChI=1S/C13H5F3N4O3/c14-10-4-8(11(15)12(16)19-10)13(21)18-9-2-1-7(20(22)23)3-6(9)5-17/h1-4H,(H,18,21). The van der Waals surface area contributed by atoms with Crippen LogP contribution in [-0.2, 0) is 0 Å². The van der Waals surface area contributed by atoms with Gasteiger partial charge >= 0.3 is 0 Å². The van der Waals surface area contributed by atoms with Gasteiger partial charge in [-0.05, 0) is 6.07 Å². The number of nitrogens with zero attached hydrogens (tertiary/aromatic N) is 3. The Labute approximate surface area is 126 Å². The molecule has 0 saturated heterocycles. The van der Waals surface area contributed by atoms with E-state index in [-0.39, 0.29) is 11.3 Å². The number of nitro groups is 1. The number of nitrogens with one attached hydrogen (secondary N) is 1. The van der Waals surface area contributed by atoms with Crippen LogP contribution in [0.15, 0.2) is 24.3 Å². The highest BCUT2D eigenvalue weighted by Crippen LogP contribution is 2.22. The number of amides is 1. The van der Waals surface area contributed by atoms with Crippen LogP contribution in [-0.4, -0.2) is 15.8 Å². The Hall–Kier alpha value is -3.48. The summed E-state index contributed by atoms with van der Waals surface area (Å²) >= 11 is 0. The molecular weight excluding hydrogens is 317 g/mol. The molecule has 0 fully saturated rings. The topological polar surface area (TPSA) is 109 Å². The van der Waals surface area contributed by atoms with Crippen LogP contribution >= 0.6 is 0 Å². The number of benzene rings is 1. The van der Waals surface area contributed by atoms with Gasteiger partial charge in [0.1, 0.15) is 6.07 Å². The lowest BCUT2D eigenvalue weighted by atomic mass is 10.1. The molecule has 23 heavy (non-hydrogen) atoms. The number of anilines is 1. The van der Waals surface area contributed by atoms with E-state index >= 15 is 0 Å². The summed E-state index contributed by atoms with van der Waals surface area (Å²) in [5, 5.41) is 21.6. The lowest BCUT2D eigenvalue weighted by Gasteiger charge is -2.08. The molecule has 0 saturated carbocycles. The molecule has 1 aromatic carbocycles. The van der Waals surface area contributed by atoms with Crippen LogP contribution in [0.3, 0.4) is 0 Å². The van der Waals surface area contributed by atoms with E-state index in [1.165, 1.54) is 0 Å². The minimum Gasteiger partial charge on any atom is -0.321 e. The van der Waals surface area contributed by atoms with Crippen molar-refractivity contribution >= 4 is 17.3 Å². The zero-order chi connectivity index (χ0) is 17.1. The zero-order valence-electron chi connectivity index (χ0n) is 11.0. The summed E-state index contributed by atoms with van der Waals surface area (Å²) in [4.78, 5) is 24.3. The Morgan fingerprint density at radius 1 is 1.30 bits per heavy atom. The predicted octanol–water partition coefficient (Wildman–Crippen LogP) is 2.53. The molecule has 0 radical (unpaired) electrons. The molecule has 7 nitrogen and oxygen atoms in total. The minimum atomic E-state index is -1.79. The van der Waals surface area contributed by atoms with Crippen molar-refractivity contribution < 1.29 is 22.9 Å². The van der Waals surface area contributed by atoms with E-state index in [0.29, 0.717) is 6.07 Å². The Morgan fingerprint density at radius 2 is 2.00 bits per heavy atom. The highest BCUT2D eigenvalue weighted by Gasteiger charge is 2.20. The highest BCUT2D eigenvalue weighted by atomic mass is 19.2. The summed E-state index contributed by atoms with van der Waals surface area (Å²) in [5.41, 5.74) is -1.81. The molecule has 116 valence electrons. The van der Waals surface area contributed by atoms with Crippen LogP contribution in [0, 0.1) is 39.2 Å². The molecule has 10 heteroatoms. The van der Waals surface area contributed by atoms with E-state index in [0.717, 1.165) is 18.2 Å². The van der Waals surface area contributed by atoms with Crippen LogP contribution in [0.1, 0.15) is 15.9 Å². The van der Waals surface area contributed by atoms with Crippen LogP contribution in [0.5, 0.6) is 0 Å². The number of non-ortho nitro benzene ring substituents is 1. The number of rotatable bonds is 3. The van der Waals surface area contributed by atoms with Gasteiger partial charge in [0.25, 0.3) is 17.5 Å². The van der Waals surface area contributed by atoms with Gasteiger partial charge in [-0.2, -0.15) is 19.0 Å². The smallest absolute Gasteiger partial charge is 0.270 e. The largest absolute Gasteiger partial charge is 0.321 e. The van der Waals surface area contributed by atoms with Gasteiger partial charge < -0.3 is 5.32 Å². The number of nitriles is 1. The van der Waals surface area contributed by atoms with E-state index in [1.807, 2.05) is 0 Å². The molecular formula is C13H5F3N4O3. The molecule has 1 N–H and O–H groups in total. The van der Waals surface area contributed by atoms with Crippen LogP contribution < -0.4 is 5.32 Å². The molecule has 1 amide bonds. The Bertz CT molecular complexity index is 864. The summed E-state index contributed by atoms with van der Waals surface area (Å²) in [6, 6.07) is 4.92. The van der Waals surface area contributed by atoms with Crippen LogP contribution in [0.25, 0.3) is 0 Å². The first-order valence-corrected chi connectivity index (χ1v) is 5.85. The van der Waals surface area contributed by atoms with E-state index in [2.05, 4.69) is 10.3 Å². The molecule has 0 unspecified atom stereocenters. The summed E-state index contributed by atoms with van der Waals surface area (Å²) in [7, 11) is 0. The maximum absolute atomic E-state index is 13.5. The third-order valence-electron chi connectivity index (χ3n) is 2.71. The van der Waals surface area contributed by atoms with Gasteiger partial charge in [0.2, 0.25) is 5.95 Å². The number of hydrogen-bond donors (Lipinski definition) is 1. The second-order valence-corrected chi connectivity index (χ2v) is 4.15. The van der Waals surface area contributed by atoms with Crippen LogP contribution in [0.4, 0.5) is 24.5 Å². The number of carbonyl (C=O) groups excluding carboxylic acids is 1. The number of aromatic nitrogens is 1. The second-order valence-electron chi connectivity index (χ2n) is 4.15. The average molecular weight is 322 g/mol. The molecule has 0 aliphatic carbocycles. The fraction of sp³-hybridized carbons (Fsp3) is 0. The lowest BCUT2D eigenvalue weighted by molar-refractivity contribution is -0.384. The van der Waals surface area contributed by atoms with E-state index < -0.39 is 39.8 Å². The summed E-state index contributed by atoms with van der Waals surface area (Å²) in [6.07, 6.45) is 0. The quantitative estimate of drug-likeness (QED) is 0.530. The molecule has 1 aromatic heterocycles. The molecule has 2 aromatic rings. The number of halogens is 3. The van der Waals surface area contributed by atoms with Gasteiger partial charge in [0.05, 0.1) is 21.7 Å². The summed E-state index contributed by atoms with van der Waals surface area (Å²) in [5.74, 6) is -6.10. The Kier molecular flexibility index (Phi) is 4.22. The fourth-order valence-electron chi connectivity index (χ4n) is 1.67. The first-order chi connectivity index (χ1) is 10.8. The maximum atomic E-state index is 13.5. The lowest BCUT2D eigenvalue weighted by Crippen LogP contribution is -2.16. The first kappa shape index (κ1) is 15.9. The number of nitro benzene ring substituents is 1. The normalized spacial score (nSPS) is 10.0. The second kappa shape index (κ2) is 6.10. The number of hydrogen-bond acceptors (Lipinski definition) is 5. The zero-order valence-corrected chi connectivity index (χ0v) is 11.0. The van der Waals surface area contributed by atoms with Crippen molar-refractivity contribution in [2.75, 3.05) is 5.32 Å². The minimum absolute atomic E-state index is 0.180. The van der Waals surface area contributed by atoms with Gasteiger partial charge in [0.15, 0.2) is 5.82 Å². The fourth-order valence-corrected chi connectivity index (χ4v) is 1.67. The summed E-state index contributed by atoms with van der Waals surface area (Å²) in [6.45, 7) is 0. The third kappa shape index (κ3) is 3.24. The van der Waals surface area contributed by atoms with Crippen molar-refractivity contribution in [1.82, 2.24) is 4.98 Å². The van der Waals surface area contributed by atoms with E-state index in [9.17, 15) is 28.1 Å². The van der Waals surface area contributed by atoms with Gasteiger partial charge in [-0.15, -0.1) is 0 Å². The Morgan fingerprint density at radius 3 is 2.61 bits per heavy atom. The van der Waals surface area contributed by atoms with Crippen molar-refractivity contribution in [2.24, 2.45) is 0 Å². The van der Waals surface area contributed by atoms with Crippen molar-refractivity contribution in [1.29, 1.82) is 5.26 Å². The molecule has 2 rings (SSSR count). The molecule has 0 spiro atoms. The van der Waals surface area contributed by atoms with Gasteiger partial charge in [-0.25, -0.2) is 4.39 Å². The maximum Gasteiger partial charge on any atom is 0.270 e. The van der Waals surface area contributed by atoms with Crippen molar-refractivity contribution in [3.63, 3.8) is 0 Å². The molecule has 0 aliphatic rings. The van der Waals surface area contributed by atoms with Crippen LogP contribution in [0.2, 0.25) is 0 Å². The van der Waals surface area contributed by atoms with Gasteiger partial charge in [-0.1, -0.05) is 0 Å². The summed E-state index contributed by atoms with van der Waals surface area (Å²) < 4.78 is 39.4. The average Bonchev–Trinajstić information content (AvgIpc) is 2.50. The van der Waals surface area contributed by atoms with Crippen molar-refractivity contribution in [3.05, 3.63) is 63.2 Å². The van der Waals surface area contributed by atoms with E-state index in [4.69, 9.17) is 5.26 Å². The van der Waals surface area contributed by atoms with E-state index in [1.54, 1.807) is 6.07 Å².